The third-order valence-corrected chi connectivity index (χ3v) is 5.87. The molecule has 27 heavy (non-hydrogen) atoms. The molecule has 1 amide bonds. The predicted molar refractivity (Wildman–Crippen MR) is 95.1 cm³/mol. The zero-order chi connectivity index (χ0) is 18.3. The van der Waals surface area contributed by atoms with Gasteiger partial charge in [0.2, 0.25) is 0 Å². The highest BCUT2D eigenvalue weighted by molar-refractivity contribution is 5.93. The van der Waals surface area contributed by atoms with Gasteiger partial charge in [0, 0.05) is 36.9 Å². The Morgan fingerprint density at radius 2 is 2.07 bits per heavy atom. The highest BCUT2D eigenvalue weighted by Gasteiger charge is 2.54. The van der Waals surface area contributed by atoms with Gasteiger partial charge in [-0.1, -0.05) is 5.16 Å². The lowest BCUT2D eigenvalue weighted by molar-refractivity contribution is -0.129. The van der Waals surface area contributed by atoms with E-state index >= 15 is 0 Å². The molecule has 2 aliphatic heterocycles. The minimum Gasteiger partial charge on any atom is -0.376 e. The highest BCUT2D eigenvalue weighted by Crippen LogP contribution is 2.42. The minimum atomic E-state index is -0.267. The van der Waals surface area contributed by atoms with Gasteiger partial charge in [-0.15, -0.1) is 0 Å². The molecule has 0 unspecified atom stereocenters. The lowest BCUT2D eigenvalue weighted by atomic mass is 9.81. The first-order valence-corrected chi connectivity index (χ1v) is 9.60. The Balaban J connectivity index is 1.15. The van der Waals surface area contributed by atoms with Gasteiger partial charge < -0.3 is 18.9 Å². The van der Waals surface area contributed by atoms with Crippen molar-refractivity contribution in [1.29, 1.82) is 0 Å². The van der Waals surface area contributed by atoms with E-state index in [1.807, 2.05) is 12.1 Å². The van der Waals surface area contributed by atoms with Gasteiger partial charge in [-0.3, -0.25) is 9.78 Å². The van der Waals surface area contributed by atoms with Gasteiger partial charge in [-0.2, -0.15) is 0 Å². The molecule has 1 atom stereocenters. The van der Waals surface area contributed by atoms with Gasteiger partial charge >= 0.3 is 0 Å². The van der Waals surface area contributed by atoms with E-state index in [0.717, 1.165) is 37.2 Å². The standard InChI is InChI=1S/C20H23N3O4/c24-19(17-9-18(27-22-17)15-1-2-15)23-12-20(13-23)16(5-8-26-20)11-25-10-14-3-6-21-7-4-14/h3-4,6-7,9,15-16H,1-2,5,8,10-13H2/t16-/m0/s1. The highest BCUT2D eigenvalue weighted by atomic mass is 16.5. The van der Waals surface area contributed by atoms with Crippen LogP contribution in [0, 0.1) is 5.92 Å². The number of likely N-dealkylation sites (tertiary alicyclic amines) is 1. The minimum absolute atomic E-state index is 0.0665. The van der Waals surface area contributed by atoms with Crippen molar-refractivity contribution < 1.29 is 18.8 Å². The van der Waals surface area contributed by atoms with Crippen LogP contribution in [-0.2, 0) is 16.1 Å². The van der Waals surface area contributed by atoms with Crippen LogP contribution in [0.3, 0.4) is 0 Å². The molecule has 4 heterocycles. The zero-order valence-corrected chi connectivity index (χ0v) is 15.2. The number of carbonyl (C=O) groups is 1. The van der Waals surface area contributed by atoms with Crippen molar-refractivity contribution in [2.75, 3.05) is 26.3 Å². The van der Waals surface area contributed by atoms with Crippen molar-refractivity contribution >= 4 is 5.91 Å². The molecule has 7 heteroatoms. The number of ether oxygens (including phenoxy) is 2. The van der Waals surface area contributed by atoms with Crippen molar-refractivity contribution in [3.8, 4) is 0 Å². The van der Waals surface area contributed by atoms with Crippen molar-refractivity contribution in [1.82, 2.24) is 15.0 Å². The Morgan fingerprint density at radius 3 is 2.85 bits per heavy atom. The fourth-order valence-electron chi connectivity index (χ4n) is 4.02. The van der Waals surface area contributed by atoms with E-state index in [1.54, 1.807) is 23.4 Å². The quantitative estimate of drug-likeness (QED) is 0.778. The average molecular weight is 369 g/mol. The van der Waals surface area contributed by atoms with Gasteiger partial charge in [-0.25, -0.2) is 0 Å². The fraction of sp³-hybridized carbons (Fsp3) is 0.550. The van der Waals surface area contributed by atoms with E-state index in [9.17, 15) is 4.79 Å². The number of nitrogens with zero attached hydrogens (tertiary/aromatic N) is 3. The van der Waals surface area contributed by atoms with E-state index in [4.69, 9.17) is 14.0 Å². The van der Waals surface area contributed by atoms with Crippen LogP contribution in [0.4, 0.5) is 0 Å². The van der Waals surface area contributed by atoms with Gasteiger partial charge in [0.1, 0.15) is 11.4 Å². The fourth-order valence-corrected chi connectivity index (χ4v) is 4.02. The second-order valence-corrected chi connectivity index (χ2v) is 7.82. The van der Waals surface area contributed by atoms with Gasteiger partial charge in [0.05, 0.1) is 26.3 Å². The summed E-state index contributed by atoms with van der Waals surface area (Å²) in [6.45, 7) is 3.13. The molecule has 0 N–H and O–H groups in total. The second kappa shape index (κ2) is 6.73. The molecule has 2 aromatic heterocycles. The molecule has 1 aliphatic carbocycles. The maximum atomic E-state index is 12.6. The normalized spacial score (nSPS) is 23.6. The van der Waals surface area contributed by atoms with Crippen molar-refractivity contribution in [2.45, 2.75) is 37.4 Å². The maximum absolute atomic E-state index is 12.6. The molecule has 7 nitrogen and oxygen atoms in total. The smallest absolute Gasteiger partial charge is 0.276 e. The summed E-state index contributed by atoms with van der Waals surface area (Å²) < 4.78 is 17.3. The summed E-state index contributed by atoms with van der Waals surface area (Å²) in [6, 6.07) is 5.72. The molecule has 5 rings (SSSR count). The van der Waals surface area contributed by atoms with E-state index < -0.39 is 0 Å². The molecule has 0 radical (unpaired) electrons. The molecule has 1 spiro atoms. The first-order valence-electron chi connectivity index (χ1n) is 9.60. The molecule has 1 saturated carbocycles. The number of pyridine rings is 1. The summed E-state index contributed by atoms with van der Waals surface area (Å²) in [4.78, 5) is 18.5. The van der Waals surface area contributed by atoms with Crippen molar-refractivity contribution in [3.63, 3.8) is 0 Å². The summed E-state index contributed by atoms with van der Waals surface area (Å²) in [5.74, 6) is 1.54. The number of aromatic nitrogens is 2. The number of amides is 1. The summed E-state index contributed by atoms with van der Waals surface area (Å²) >= 11 is 0. The van der Waals surface area contributed by atoms with Crippen molar-refractivity contribution in [3.05, 3.63) is 47.6 Å². The van der Waals surface area contributed by atoms with Gasteiger partial charge in [-0.05, 0) is 37.0 Å². The first-order chi connectivity index (χ1) is 13.2. The topological polar surface area (TPSA) is 77.7 Å². The molecule has 3 fully saturated rings. The van der Waals surface area contributed by atoms with E-state index in [1.165, 1.54) is 0 Å². The molecular formula is C20H23N3O4. The van der Waals surface area contributed by atoms with Crippen LogP contribution in [0.5, 0.6) is 0 Å². The monoisotopic (exact) mass is 369 g/mol. The maximum Gasteiger partial charge on any atom is 0.276 e. The summed E-state index contributed by atoms with van der Waals surface area (Å²) in [7, 11) is 0. The Bertz CT molecular complexity index is 812. The molecule has 3 aliphatic rings. The van der Waals surface area contributed by atoms with Gasteiger partial charge in [0.15, 0.2) is 5.69 Å². The SMILES string of the molecule is O=C(c1cc(C2CC2)on1)N1CC2(C1)OCC[C@H]2COCc1ccncc1. The molecule has 142 valence electrons. The average Bonchev–Trinajstić information content (AvgIpc) is 3.24. The third-order valence-electron chi connectivity index (χ3n) is 5.87. The Hall–Kier alpha value is -2.25. The predicted octanol–water partition coefficient (Wildman–Crippen LogP) is 2.39. The van der Waals surface area contributed by atoms with E-state index in [0.29, 0.717) is 43.8 Å². The van der Waals surface area contributed by atoms with Crippen molar-refractivity contribution in [2.24, 2.45) is 5.92 Å². The van der Waals surface area contributed by atoms with Crippen LogP contribution >= 0.6 is 0 Å². The van der Waals surface area contributed by atoms with Crippen LogP contribution in [-0.4, -0.2) is 52.9 Å². The zero-order valence-electron chi connectivity index (χ0n) is 15.2. The third kappa shape index (κ3) is 3.26. The van der Waals surface area contributed by atoms with E-state index in [-0.39, 0.29) is 11.5 Å². The molecule has 0 bridgehead atoms. The van der Waals surface area contributed by atoms with Crippen LogP contribution in [0.25, 0.3) is 0 Å². The Labute approximate surface area is 157 Å². The summed E-state index contributed by atoms with van der Waals surface area (Å²) in [5.41, 5.74) is 1.26. The van der Waals surface area contributed by atoms with Crippen LogP contribution in [0.2, 0.25) is 0 Å². The lowest BCUT2D eigenvalue weighted by Gasteiger charge is -2.49. The molecule has 2 saturated heterocycles. The van der Waals surface area contributed by atoms with Crippen LogP contribution in [0.1, 0.15) is 47.0 Å². The Kier molecular flexibility index (Phi) is 4.21. The van der Waals surface area contributed by atoms with Crippen LogP contribution < -0.4 is 0 Å². The number of hydrogen-bond donors (Lipinski definition) is 0. The molecule has 0 aromatic carbocycles. The number of rotatable bonds is 6. The van der Waals surface area contributed by atoms with Gasteiger partial charge in [0.25, 0.3) is 5.91 Å². The lowest BCUT2D eigenvalue weighted by Crippen LogP contribution is -2.66. The second-order valence-electron chi connectivity index (χ2n) is 7.82. The summed E-state index contributed by atoms with van der Waals surface area (Å²) in [6.07, 6.45) is 6.77. The summed E-state index contributed by atoms with van der Waals surface area (Å²) in [5, 5.41) is 3.96. The molecule has 2 aromatic rings. The Morgan fingerprint density at radius 1 is 1.26 bits per heavy atom. The number of hydrogen-bond acceptors (Lipinski definition) is 6. The molecular weight excluding hydrogens is 346 g/mol. The number of carbonyl (C=O) groups excluding carboxylic acids is 1. The van der Waals surface area contributed by atoms with Crippen LogP contribution in [0.15, 0.2) is 35.1 Å². The largest absolute Gasteiger partial charge is 0.376 e. The van der Waals surface area contributed by atoms with E-state index in [2.05, 4.69) is 10.1 Å². The first kappa shape index (κ1) is 16.9.